The van der Waals surface area contributed by atoms with Gasteiger partial charge in [-0.3, -0.25) is 4.90 Å². The Morgan fingerprint density at radius 3 is 2.56 bits per heavy atom. The van der Waals surface area contributed by atoms with Crippen LogP contribution >= 0.6 is 0 Å². The maximum Gasteiger partial charge on any atom is 0.132 e. The van der Waals surface area contributed by atoms with E-state index >= 15 is 0 Å². The van der Waals surface area contributed by atoms with Gasteiger partial charge in [0.15, 0.2) is 0 Å². The molecular formula is C15H23FN2. The third-order valence-electron chi connectivity index (χ3n) is 3.67. The topological polar surface area (TPSA) is 29.3 Å². The third-order valence-corrected chi connectivity index (χ3v) is 3.67. The molecule has 1 fully saturated rings. The first-order chi connectivity index (χ1) is 8.61. The van der Waals surface area contributed by atoms with Crippen molar-refractivity contribution >= 4 is 0 Å². The van der Waals surface area contributed by atoms with Gasteiger partial charge >= 0.3 is 0 Å². The van der Waals surface area contributed by atoms with Crippen LogP contribution in [-0.4, -0.2) is 17.5 Å². The summed E-state index contributed by atoms with van der Waals surface area (Å²) in [6.07, 6.45) is 2.66. The van der Waals surface area contributed by atoms with Crippen molar-refractivity contribution in [2.24, 2.45) is 11.7 Å². The van der Waals surface area contributed by atoms with Gasteiger partial charge < -0.3 is 5.73 Å². The molecule has 0 radical (unpaired) electrons. The van der Waals surface area contributed by atoms with Crippen LogP contribution in [0, 0.1) is 11.7 Å². The van der Waals surface area contributed by atoms with E-state index in [2.05, 4.69) is 18.7 Å². The van der Waals surface area contributed by atoms with E-state index in [0.29, 0.717) is 18.2 Å². The van der Waals surface area contributed by atoms with E-state index in [4.69, 9.17) is 5.73 Å². The first-order valence-electron chi connectivity index (χ1n) is 6.82. The summed E-state index contributed by atoms with van der Waals surface area (Å²) in [7, 11) is 0. The fourth-order valence-electron chi connectivity index (χ4n) is 2.22. The fourth-order valence-corrected chi connectivity index (χ4v) is 2.22. The average molecular weight is 250 g/mol. The van der Waals surface area contributed by atoms with Crippen LogP contribution in [0.25, 0.3) is 0 Å². The SMILES string of the molecule is CC(C)N(Cc1cccc(CN)c1F)CC1CC1. The molecule has 3 heteroatoms. The van der Waals surface area contributed by atoms with Gasteiger partial charge in [0, 0.05) is 36.8 Å². The van der Waals surface area contributed by atoms with Crippen molar-refractivity contribution < 1.29 is 4.39 Å². The Kier molecular flexibility index (Phi) is 4.36. The van der Waals surface area contributed by atoms with Gasteiger partial charge in [-0.05, 0) is 32.6 Å². The summed E-state index contributed by atoms with van der Waals surface area (Å²) in [5.41, 5.74) is 6.93. The zero-order valence-corrected chi connectivity index (χ0v) is 11.3. The summed E-state index contributed by atoms with van der Waals surface area (Å²) in [6.45, 7) is 6.39. The van der Waals surface area contributed by atoms with E-state index in [9.17, 15) is 4.39 Å². The molecule has 1 aliphatic carbocycles. The van der Waals surface area contributed by atoms with E-state index in [1.807, 2.05) is 12.1 Å². The van der Waals surface area contributed by atoms with Crippen LogP contribution in [-0.2, 0) is 13.1 Å². The average Bonchev–Trinajstić information content (AvgIpc) is 3.14. The molecule has 2 rings (SSSR count). The summed E-state index contributed by atoms with van der Waals surface area (Å²) in [5.74, 6) is 0.703. The first kappa shape index (κ1) is 13.5. The van der Waals surface area contributed by atoms with Crippen molar-refractivity contribution in [2.75, 3.05) is 6.54 Å². The second-order valence-corrected chi connectivity index (χ2v) is 5.56. The van der Waals surface area contributed by atoms with E-state index in [-0.39, 0.29) is 12.4 Å². The number of hydrogen-bond acceptors (Lipinski definition) is 2. The van der Waals surface area contributed by atoms with Crippen molar-refractivity contribution in [3.8, 4) is 0 Å². The zero-order valence-electron chi connectivity index (χ0n) is 11.3. The van der Waals surface area contributed by atoms with Crippen molar-refractivity contribution in [1.82, 2.24) is 4.90 Å². The van der Waals surface area contributed by atoms with Crippen LogP contribution in [0.4, 0.5) is 4.39 Å². The number of benzene rings is 1. The summed E-state index contributed by atoms with van der Waals surface area (Å²) in [5, 5.41) is 0. The lowest BCUT2D eigenvalue weighted by Gasteiger charge is -2.27. The monoisotopic (exact) mass is 250 g/mol. The molecule has 0 unspecified atom stereocenters. The predicted molar refractivity (Wildman–Crippen MR) is 72.6 cm³/mol. The van der Waals surface area contributed by atoms with Crippen molar-refractivity contribution in [2.45, 2.75) is 45.8 Å². The standard InChI is InChI=1S/C15H23FN2/c1-11(2)18(9-12-6-7-12)10-14-5-3-4-13(8-17)15(14)16/h3-5,11-12H,6-10,17H2,1-2H3. The number of nitrogens with zero attached hydrogens (tertiary/aromatic N) is 1. The lowest BCUT2D eigenvalue weighted by Crippen LogP contribution is -2.32. The molecule has 0 saturated heterocycles. The predicted octanol–water partition coefficient (Wildman–Crippen LogP) is 2.90. The van der Waals surface area contributed by atoms with Crippen LogP contribution in [0.3, 0.4) is 0 Å². The zero-order chi connectivity index (χ0) is 13.1. The van der Waals surface area contributed by atoms with Crippen LogP contribution < -0.4 is 5.73 Å². The van der Waals surface area contributed by atoms with Crippen LogP contribution in [0.2, 0.25) is 0 Å². The molecule has 0 bridgehead atoms. The Labute approximate surface area is 109 Å². The second kappa shape index (κ2) is 5.81. The maximum absolute atomic E-state index is 14.1. The van der Waals surface area contributed by atoms with Crippen molar-refractivity contribution in [3.63, 3.8) is 0 Å². The molecule has 1 saturated carbocycles. The lowest BCUT2D eigenvalue weighted by molar-refractivity contribution is 0.201. The van der Waals surface area contributed by atoms with E-state index in [1.54, 1.807) is 6.07 Å². The van der Waals surface area contributed by atoms with Gasteiger partial charge in [-0.15, -0.1) is 0 Å². The van der Waals surface area contributed by atoms with E-state index in [0.717, 1.165) is 18.0 Å². The van der Waals surface area contributed by atoms with Crippen LogP contribution in [0.5, 0.6) is 0 Å². The van der Waals surface area contributed by atoms with E-state index in [1.165, 1.54) is 12.8 Å². The first-order valence-corrected chi connectivity index (χ1v) is 6.82. The minimum absolute atomic E-state index is 0.124. The number of halogens is 1. The minimum Gasteiger partial charge on any atom is -0.326 e. The van der Waals surface area contributed by atoms with Gasteiger partial charge in [0.25, 0.3) is 0 Å². The van der Waals surface area contributed by atoms with Gasteiger partial charge in [0.2, 0.25) is 0 Å². The van der Waals surface area contributed by atoms with E-state index < -0.39 is 0 Å². The summed E-state index contributed by atoms with van der Waals surface area (Å²) in [4.78, 5) is 2.36. The maximum atomic E-state index is 14.1. The normalized spacial score (nSPS) is 15.7. The van der Waals surface area contributed by atoms with Crippen molar-refractivity contribution in [1.29, 1.82) is 0 Å². The molecule has 2 nitrogen and oxygen atoms in total. The molecule has 0 aliphatic heterocycles. The summed E-state index contributed by atoms with van der Waals surface area (Å²) < 4.78 is 14.1. The quantitative estimate of drug-likeness (QED) is 0.841. The molecule has 18 heavy (non-hydrogen) atoms. The molecule has 0 amide bonds. The Hall–Kier alpha value is -0.930. The fraction of sp³-hybridized carbons (Fsp3) is 0.600. The van der Waals surface area contributed by atoms with Gasteiger partial charge in [-0.25, -0.2) is 4.39 Å². The van der Waals surface area contributed by atoms with Crippen molar-refractivity contribution in [3.05, 3.63) is 35.1 Å². The van der Waals surface area contributed by atoms with Gasteiger partial charge in [0.1, 0.15) is 5.82 Å². The Bertz CT molecular complexity index is 399. The second-order valence-electron chi connectivity index (χ2n) is 5.56. The highest BCUT2D eigenvalue weighted by Gasteiger charge is 2.26. The number of hydrogen-bond donors (Lipinski definition) is 1. The highest BCUT2D eigenvalue weighted by atomic mass is 19.1. The Morgan fingerprint density at radius 2 is 2.00 bits per heavy atom. The van der Waals surface area contributed by atoms with Crippen LogP contribution in [0.15, 0.2) is 18.2 Å². The third kappa shape index (κ3) is 3.30. The molecule has 0 spiro atoms. The highest BCUT2D eigenvalue weighted by Crippen LogP contribution is 2.31. The number of nitrogens with two attached hydrogens (primary N) is 1. The van der Waals surface area contributed by atoms with Gasteiger partial charge in [-0.1, -0.05) is 18.2 Å². The molecule has 0 aromatic heterocycles. The Morgan fingerprint density at radius 1 is 1.33 bits per heavy atom. The molecule has 1 aromatic rings. The molecule has 100 valence electrons. The minimum atomic E-state index is -0.124. The summed E-state index contributed by atoms with van der Waals surface area (Å²) in [6, 6.07) is 5.98. The molecular weight excluding hydrogens is 227 g/mol. The highest BCUT2D eigenvalue weighted by molar-refractivity contribution is 5.26. The lowest BCUT2D eigenvalue weighted by atomic mass is 10.1. The molecule has 1 aliphatic rings. The largest absolute Gasteiger partial charge is 0.326 e. The number of rotatable bonds is 6. The molecule has 0 atom stereocenters. The van der Waals surface area contributed by atoms with Gasteiger partial charge in [0.05, 0.1) is 0 Å². The van der Waals surface area contributed by atoms with Crippen LogP contribution in [0.1, 0.15) is 37.8 Å². The molecule has 1 aromatic carbocycles. The summed E-state index contributed by atoms with van der Waals surface area (Å²) >= 11 is 0. The molecule has 2 N–H and O–H groups in total. The molecule has 0 heterocycles. The Balaban J connectivity index is 2.09. The van der Waals surface area contributed by atoms with Gasteiger partial charge in [-0.2, -0.15) is 0 Å². The smallest absolute Gasteiger partial charge is 0.132 e.